The molecule has 2 rings (SSSR count). The summed E-state index contributed by atoms with van der Waals surface area (Å²) in [4.78, 5) is 13.6. The van der Waals surface area contributed by atoms with Crippen molar-refractivity contribution in [2.24, 2.45) is 0 Å². The molecule has 1 heterocycles. The van der Waals surface area contributed by atoms with Gasteiger partial charge in [0.15, 0.2) is 0 Å². The molecule has 0 fully saturated rings. The number of rotatable bonds is 2. The summed E-state index contributed by atoms with van der Waals surface area (Å²) in [6.45, 7) is 2.03. The Morgan fingerprint density at radius 3 is 2.78 bits per heavy atom. The van der Waals surface area contributed by atoms with Crippen LogP contribution in [0.2, 0.25) is 0 Å². The molecule has 1 aliphatic heterocycles. The van der Waals surface area contributed by atoms with E-state index in [0.29, 0.717) is 0 Å². The molecule has 0 spiro atoms. The van der Waals surface area contributed by atoms with Crippen molar-refractivity contribution in [3.8, 4) is 5.75 Å². The van der Waals surface area contributed by atoms with Gasteiger partial charge < -0.3 is 9.64 Å². The number of aryl methyl sites for hydroxylation is 1. The summed E-state index contributed by atoms with van der Waals surface area (Å²) >= 11 is 3.38. The van der Waals surface area contributed by atoms with Crippen LogP contribution in [-0.4, -0.2) is 29.8 Å². The van der Waals surface area contributed by atoms with Crippen LogP contribution in [0.4, 0.5) is 0 Å². The zero-order chi connectivity index (χ0) is 13.3. The third-order valence-corrected chi connectivity index (χ3v) is 3.95. The van der Waals surface area contributed by atoms with E-state index in [0.717, 1.165) is 29.0 Å². The van der Waals surface area contributed by atoms with E-state index in [1.807, 2.05) is 32.2 Å². The van der Waals surface area contributed by atoms with Crippen molar-refractivity contribution in [2.45, 2.75) is 18.2 Å². The van der Waals surface area contributed by atoms with Crippen LogP contribution in [0.3, 0.4) is 0 Å². The number of amides is 1. The Morgan fingerprint density at radius 2 is 2.17 bits per heavy atom. The molecule has 0 N–H and O–H groups in total. The second kappa shape index (κ2) is 5.14. The zero-order valence-electron chi connectivity index (χ0n) is 10.7. The van der Waals surface area contributed by atoms with Crippen LogP contribution < -0.4 is 4.74 Å². The van der Waals surface area contributed by atoms with Gasteiger partial charge in [0.25, 0.3) is 0 Å². The molecule has 18 heavy (non-hydrogen) atoms. The fourth-order valence-electron chi connectivity index (χ4n) is 2.12. The second-order valence-corrected chi connectivity index (χ2v) is 5.48. The van der Waals surface area contributed by atoms with Gasteiger partial charge in [0.05, 0.1) is 11.9 Å². The molecule has 0 saturated heterocycles. The Balaban J connectivity index is 2.40. The highest BCUT2D eigenvalue weighted by molar-refractivity contribution is 9.10. The first-order valence-electron chi connectivity index (χ1n) is 5.81. The summed E-state index contributed by atoms with van der Waals surface area (Å²) in [5.74, 6) is 0.933. The van der Waals surface area contributed by atoms with Crippen LogP contribution in [0.5, 0.6) is 5.75 Å². The molecule has 1 aliphatic rings. The van der Waals surface area contributed by atoms with Gasteiger partial charge in [0.2, 0.25) is 5.91 Å². The summed E-state index contributed by atoms with van der Waals surface area (Å²) < 4.78 is 5.19. The van der Waals surface area contributed by atoms with Gasteiger partial charge in [-0.05, 0) is 37.1 Å². The van der Waals surface area contributed by atoms with Crippen molar-refractivity contribution in [2.75, 3.05) is 14.2 Å². The minimum atomic E-state index is -0.107. The Hall–Kier alpha value is -1.29. The fourth-order valence-corrected chi connectivity index (χ4v) is 2.62. The zero-order valence-corrected chi connectivity index (χ0v) is 12.3. The molecular formula is C14H16BrNO2. The lowest BCUT2D eigenvalue weighted by molar-refractivity contribution is -0.126. The van der Waals surface area contributed by atoms with Crippen molar-refractivity contribution in [3.05, 3.63) is 35.4 Å². The van der Waals surface area contributed by atoms with Gasteiger partial charge >= 0.3 is 0 Å². The average molecular weight is 310 g/mol. The van der Waals surface area contributed by atoms with E-state index >= 15 is 0 Å². The number of carbonyl (C=O) groups excluding carboxylic acids is 1. The van der Waals surface area contributed by atoms with Gasteiger partial charge in [0, 0.05) is 18.3 Å². The predicted octanol–water partition coefficient (Wildman–Crippen LogP) is 2.97. The molecule has 1 amide bonds. The largest absolute Gasteiger partial charge is 0.497 e. The lowest BCUT2D eigenvalue weighted by Crippen LogP contribution is -2.35. The van der Waals surface area contributed by atoms with Crippen molar-refractivity contribution in [1.29, 1.82) is 0 Å². The van der Waals surface area contributed by atoms with E-state index in [-0.39, 0.29) is 10.7 Å². The Morgan fingerprint density at radius 1 is 1.44 bits per heavy atom. The number of ether oxygens (including phenoxy) is 1. The van der Waals surface area contributed by atoms with Gasteiger partial charge in [-0.25, -0.2) is 0 Å². The number of halogens is 1. The maximum Gasteiger partial charge on any atom is 0.240 e. The van der Waals surface area contributed by atoms with E-state index in [1.54, 1.807) is 12.0 Å². The highest BCUT2D eigenvalue weighted by Gasteiger charge is 2.26. The van der Waals surface area contributed by atoms with Gasteiger partial charge in [-0.15, -0.1) is 0 Å². The van der Waals surface area contributed by atoms with E-state index in [1.165, 1.54) is 0 Å². The molecule has 0 saturated carbocycles. The minimum Gasteiger partial charge on any atom is -0.497 e. The van der Waals surface area contributed by atoms with Gasteiger partial charge in [0.1, 0.15) is 5.75 Å². The molecule has 96 valence electrons. The summed E-state index contributed by atoms with van der Waals surface area (Å²) in [5.41, 5.74) is 3.15. The fraction of sp³-hybridized carbons (Fsp3) is 0.357. The average Bonchev–Trinajstić information content (AvgIpc) is 2.37. The lowest BCUT2D eigenvalue weighted by atomic mass is 10.0. The number of methoxy groups -OCH3 is 1. The van der Waals surface area contributed by atoms with Gasteiger partial charge in [-0.3, -0.25) is 4.79 Å². The second-order valence-electron chi connectivity index (χ2n) is 4.37. The summed E-state index contributed by atoms with van der Waals surface area (Å²) in [6, 6.07) is 5.90. The summed E-state index contributed by atoms with van der Waals surface area (Å²) in [7, 11) is 3.46. The van der Waals surface area contributed by atoms with Gasteiger partial charge in [-0.1, -0.05) is 22.0 Å². The smallest absolute Gasteiger partial charge is 0.240 e. The van der Waals surface area contributed by atoms with E-state index in [9.17, 15) is 4.79 Å². The number of allylic oxidation sites excluding steroid dienone is 1. The third kappa shape index (κ3) is 2.29. The van der Waals surface area contributed by atoms with Gasteiger partial charge in [-0.2, -0.15) is 0 Å². The maximum atomic E-state index is 12.0. The molecule has 0 aromatic heterocycles. The molecule has 0 bridgehead atoms. The normalized spacial score (nSPS) is 19.8. The minimum absolute atomic E-state index is 0.0997. The summed E-state index contributed by atoms with van der Waals surface area (Å²) in [6.07, 6.45) is 2.82. The number of alkyl halides is 1. The highest BCUT2D eigenvalue weighted by atomic mass is 79.9. The number of benzene rings is 1. The van der Waals surface area contributed by atoms with Crippen molar-refractivity contribution in [1.82, 2.24) is 4.90 Å². The molecule has 1 unspecified atom stereocenters. The van der Waals surface area contributed by atoms with Crippen LogP contribution in [0.15, 0.2) is 24.3 Å². The first kappa shape index (κ1) is 13.1. The predicted molar refractivity (Wildman–Crippen MR) is 75.8 cm³/mol. The Kier molecular flexibility index (Phi) is 3.76. The number of hydrogen-bond donors (Lipinski definition) is 0. The van der Waals surface area contributed by atoms with E-state index in [4.69, 9.17) is 4.74 Å². The van der Waals surface area contributed by atoms with Crippen molar-refractivity contribution in [3.63, 3.8) is 0 Å². The molecule has 3 nitrogen and oxygen atoms in total. The first-order valence-corrected chi connectivity index (χ1v) is 6.73. The topological polar surface area (TPSA) is 29.5 Å². The molecule has 0 aliphatic carbocycles. The third-order valence-electron chi connectivity index (χ3n) is 3.19. The SMILES string of the molecule is COc1ccc(C2=CCC(Br)C(=O)N2C)c(C)c1. The monoisotopic (exact) mass is 309 g/mol. The van der Waals surface area contributed by atoms with Crippen molar-refractivity contribution < 1.29 is 9.53 Å². The molecule has 0 radical (unpaired) electrons. The van der Waals surface area contributed by atoms with Crippen LogP contribution in [0, 0.1) is 6.92 Å². The van der Waals surface area contributed by atoms with Crippen LogP contribution >= 0.6 is 15.9 Å². The standard InChI is InChI=1S/C14H16BrNO2/c1-9-8-10(18-3)4-5-11(9)13-7-6-12(15)14(17)16(13)2/h4-5,7-8,12H,6H2,1-3H3. The van der Waals surface area contributed by atoms with Crippen LogP contribution in [0.1, 0.15) is 17.5 Å². The van der Waals surface area contributed by atoms with Crippen molar-refractivity contribution >= 4 is 27.5 Å². The number of nitrogens with zero attached hydrogens (tertiary/aromatic N) is 1. The van der Waals surface area contributed by atoms with E-state index < -0.39 is 0 Å². The first-order chi connectivity index (χ1) is 8.54. The van der Waals surface area contributed by atoms with Crippen LogP contribution in [0.25, 0.3) is 5.70 Å². The van der Waals surface area contributed by atoms with E-state index in [2.05, 4.69) is 22.0 Å². The quantitative estimate of drug-likeness (QED) is 0.786. The summed E-state index contributed by atoms with van der Waals surface area (Å²) in [5, 5.41) is 0. The Bertz CT molecular complexity index is 511. The molecule has 4 heteroatoms. The highest BCUT2D eigenvalue weighted by Crippen LogP contribution is 2.30. The maximum absolute atomic E-state index is 12.0. The number of carbonyl (C=O) groups is 1. The molecule has 1 aromatic carbocycles. The number of hydrogen-bond acceptors (Lipinski definition) is 2. The lowest BCUT2D eigenvalue weighted by Gasteiger charge is -2.28. The van der Waals surface area contributed by atoms with Crippen LogP contribution in [-0.2, 0) is 4.79 Å². The molecule has 1 atom stereocenters. The Labute approximate surface area is 116 Å². The molecule has 1 aromatic rings. The molecular weight excluding hydrogens is 294 g/mol.